The molecule has 2 atom stereocenters. The first-order valence-corrected chi connectivity index (χ1v) is 10.3. The van der Waals surface area contributed by atoms with Gasteiger partial charge in [0.15, 0.2) is 5.78 Å². The number of hydrogen-bond donors (Lipinski definition) is 2. The molecule has 0 bridgehead atoms. The van der Waals surface area contributed by atoms with E-state index in [0.717, 1.165) is 0 Å². The predicted octanol–water partition coefficient (Wildman–Crippen LogP) is 4.84. The van der Waals surface area contributed by atoms with Crippen LogP contribution >= 0.6 is 0 Å². The number of benzene rings is 3. The molecule has 0 radical (unpaired) electrons. The van der Waals surface area contributed by atoms with Crippen LogP contribution in [0.25, 0.3) is 0 Å². The highest BCUT2D eigenvalue weighted by atomic mass is 19.1. The summed E-state index contributed by atoms with van der Waals surface area (Å²) >= 11 is 0. The van der Waals surface area contributed by atoms with Crippen molar-refractivity contribution in [2.75, 3.05) is 12.0 Å². The molecule has 0 aliphatic carbocycles. The topological polar surface area (TPSA) is 78.9 Å². The number of urea groups is 1. The maximum Gasteiger partial charge on any atom is 0.322 e. The van der Waals surface area contributed by atoms with Crippen LogP contribution in [0.5, 0.6) is 11.5 Å². The molecule has 2 N–H and O–H groups in total. The van der Waals surface area contributed by atoms with E-state index in [-0.39, 0.29) is 24.0 Å². The first-order chi connectivity index (χ1) is 15.5. The molecular weight excluding hydrogens is 411 g/mol. The van der Waals surface area contributed by atoms with Crippen molar-refractivity contribution in [1.29, 1.82) is 0 Å². The summed E-state index contributed by atoms with van der Waals surface area (Å²) in [5, 5.41) is 13.6. The first-order valence-electron chi connectivity index (χ1n) is 10.3. The van der Waals surface area contributed by atoms with Crippen molar-refractivity contribution in [3.63, 3.8) is 0 Å². The van der Waals surface area contributed by atoms with Gasteiger partial charge in [-0.2, -0.15) is 0 Å². The number of Topliss-reactive ketones (excluding diaryl/α,β-unsaturated/α-hetero) is 1. The average Bonchev–Trinajstić information content (AvgIpc) is 3.14. The lowest BCUT2D eigenvalue weighted by Gasteiger charge is -2.27. The van der Waals surface area contributed by atoms with Gasteiger partial charge in [-0.15, -0.1) is 0 Å². The van der Waals surface area contributed by atoms with E-state index in [9.17, 15) is 19.1 Å². The molecular formula is C25H23FN2O4. The van der Waals surface area contributed by atoms with Crippen molar-refractivity contribution in [2.24, 2.45) is 0 Å². The number of phenols is 1. The van der Waals surface area contributed by atoms with Gasteiger partial charge in [0.05, 0.1) is 19.2 Å². The maximum absolute atomic E-state index is 13.2. The number of aromatic hydroxyl groups is 1. The maximum atomic E-state index is 13.2. The van der Waals surface area contributed by atoms with Crippen LogP contribution in [0, 0.1) is 5.82 Å². The number of phenolic OH excluding ortho intramolecular Hbond substituents is 1. The molecule has 1 aliphatic rings. The molecule has 4 rings (SSSR count). The molecule has 6 nitrogen and oxygen atoms in total. The van der Waals surface area contributed by atoms with Gasteiger partial charge in [0.2, 0.25) is 0 Å². The lowest BCUT2D eigenvalue weighted by atomic mass is 9.93. The van der Waals surface area contributed by atoms with E-state index in [2.05, 4.69) is 5.32 Å². The van der Waals surface area contributed by atoms with E-state index in [1.54, 1.807) is 17.0 Å². The normalized spacial score (nSPS) is 17.8. The van der Waals surface area contributed by atoms with Gasteiger partial charge in [-0.25, -0.2) is 9.18 Å². The molecule has 7 heteroatoms. The molecule has 3 aromatic carbocycles. The molecule has 32 heavy (non-hydrogen) atoms. The second-order valence-corrected chi connectivity index (χ2v) is 7.60. The third kappa shape index (κ3) is 4.27. The minimum atomic E-state index is -0.531. The van der Waals surface area contributed by atoms with Gasteiger partial charge >= 0.3 is 6.03 Å². The Bertz CT molecular complexity index is 1120. The van der Waals surface area contributed by atoms with Gasteiger partial charge in [-0.1, -0.05) is 18.2 Å². The van der Waals surface area contributed by atoms with Crippen LogP contribution in [-0.2, 0) is 0 Å². The summed E-state index contributed by atoms with van der Waals surface area (Å²) in [6.07, 6.45) is 0.508. The molecule has 164 valence electrons. The molecule has 1 saturated heterocycles. The van der Waals surface area contributed by atoms with Gasteiger partial charge in [-0.05, 0) is 55.0 Å². The Balaban J connectivity index is 1.63. The summed E-state index contributed by atoms with van der Waals surface area (Å²) in [5.74, 6) is -0.0484. The summed E-state index contributed by atoms with van der Waals surface area (Å²) in [7, 11) is 1.51. The number of methoxy groups -OCH3 is 1. The third-order valence-corrected chi connectivity index (χ3v) is 5.63. The number of carbonyl (C=O) groups excluding carboxylic acids is 2. The first kappa shape index (κ1) is 21.4. The number of anilines is 1. The Morgan fingerprint density at radius 3 is 2.47 bits per heavy atom. The zero-order valence-corrected chi connectivity index (χ0v) is 17.5. The lowest BCUT2D eigenvalue weighted by molar-refractivity contribution is 0.0976. The average molecular weight is 434 g/mol. The Hall–Kier alpha value is -3.87. The highest BCUT2D eigenvalue weighted by Gasteiger charge is 2.42. The number of rotatable bonds is 7. The largest absolute Gasteiger partial charge is 0.507 e. The van der Waals surface area contributed by atoms with Crippen molar-refractivity contribution in [2.45, 2.75) is 24.9 Å². The lowest BCUT2D eigenvalue weighted by Crippen LogP contribution is -2.29. The van der Waals surface area contributed by atoms with E-state index in [0.29, 0.717) is 29.0 Å². The number of para-hydroxylation sites is 1. The van der Waals surface area contributed by atoms with Crippen LogP contribution in [0.1, 0.15) is 34.8 Å². The van der Waals surface area contributed by atoms with Crippen LogP contribution in [0.3, 0.4) is 0 Å². The van der Waals surface area contributed by atoms with Crippen LogP contribution < -0.4 is 15.0 Å². The van der Waals surface area contributed by atoms with Crippen LogP contribution in [0.15, 0.2) is 72.8 Å². The van der Waals surface area contributed by atoms with Crippen molar-refractivity contribution >= 4 is 17.5 Å². The van der Waals surface area contributed by atoms with E-state index < -0.39 is 17.9 Å². The number of halogens is 1. The Kier molecular flexibility index (Phi) is 6.07. The number of hydrogen-bond acceptors (Lipinski definition) is 4. The van der Waals surface area contributed by atoms with Crippen molar-refractivity contribution < 1.29 is 23.8 Å². The second kappa shape index (κ2) is 9.09. The fourth-order valence-corrected chi connectivity index (χ4v) is 4.03. The second-order valence-electron chi connectivity index (χ2n) is 7.60. The van der Waals surface area contributed by atoms with Gasteiger partial charge in [0.1, 0.15) is 17.3 Å². The Morgan fingerprint density at radius 1 is 1.09 bits per heavy atom. The summed E-state index contributed by atoms with van der Waals surface area (Å²) < 4.78 is 18.3. The number of ketones is 1. The summed E-state index contributed by atoms with van der Waals surface area (Å²) in [5.41, 5.74) is 1.64. The van der Waals surface area contributed by atoms with E-state index in [4.69, 9.17) is 4.74 Å². The monoisotopic (exact) mass is 434 g/mol. The molecule has 0 spiro atoms. The van der Waals surface area contributed by atoms with Gasteiger partial charge < -0.3 is 15.2 Å². The molecule has 1 aliphatic heterocycles. The highest BCUT2D eigenvalue weighted by Crippen LogP contribution is 2.40. The van der Waals surface area contributed by atoms with Crippen LogP contribution in [-0.4, -0.2) is 30.1 Å². The van der Waals surface area contributed by atoms with Crippen LogP contribution in [0.4, 0.5) is 14.9 Å². The molecule has 2 amide bonds. The van der Waals surface area contributed by atoms with Crippen LogP contribution in [0.2, 0.25) is 0 Å². The van der Waals surface area contributed by atoms with E-state index in [1.165, 1.54) is 37.4 Å². The number of ether oxygens (including phenoxy) is 1. The fourth-order valence-electron chi connectivity index (χ4n) is 4.03. The standard InChI is InChI=1S/C25H23FN2O4/c1-32-19-11-12-20(23(30)15-19)24-21(13-14-22(29)16-7-9-17(26)10-8-16)27-25(31)28(24)18-5-3-2-4-6-18/h2-12,15,21,24,30H,13-14H2,1H3,(H,27,31)/t21-,24+/m0/s1. The third-order valence-electron chi connectivity index (χ3n) is 5.63. The quantitative estimate of drug-likeness (QED) is 0.522. The fraction of sp³-hybridized carbons (Fsp3) is 0.200. The smallest absolute Gasteiger partial charge is 0.322 e. The van der Waals surface area contributed by atoms with E-state index in [1.807, 2.05) is 30.3 Å². The molecule has 1 heterocycles. The Morgan fingerprint density at radius 2 is 1.81 bits per heavy atom. The molecule has 0 unspecified atom stereocenters. The molecule has 0 aromatic heterocycles. The van der Waals surface area contributed by atoms with Crippen molar-refractivity contribution in [1.82, 2.24) is 5.32 Å². The minimum absolute atomic E-state index is 0.00152. The number of carbonyl (C=O) groups is 2. The van der Waals surface area contributed by atoms with Crippen molar-refractivity contribution in [3.05, 3.63) is 89.7 Å². The summed E-state index contributed by atoms with van der Waals surface area (Å²) in [6.45, 7) is 0. The predicted molar refractivity (Wildman–Crippen MR) is 119 cm³/mol. The number of nitrogens with zero attached hydrogens (tertiary/aromatic N) is 1. The van der Waals surface area contributed by atoms with Crippen molar-refractivity contribution in [3.8, 4) is 11.5 Å². The number of nitrogens with one attached hydrogen (secondary N) is 1. The Labute approximate surface area is 185 Å². The minimum Gasteiger partial charge on any atom is -0.507 e. The SMILES string of the molecule is COc1ccc([C@@H]2[C@H](CCC(=O)c3ccc(F)cc3)NC(=O)N2c2ccccc2)c(O)c1. The van der Waals surface area contributed by atoms with E-state index >= 15 is 0 Å². The summed E-state index contributed by atoms with van der Waals surface area (Å²) in [6, 6.07) is 18.3. The number of amides is 2. The summed E-state index contributed by atoms with van der Waals surface area (Å²) in [4.78, 5) is 27.2. The molecule has 3 aromatic rings. The highest BCUT2D eigenvalue weighted by molar-refractivity contribution is 5.97. The van der Waals surface area contributed by atoms with Gasteiger partial charge in [0.25, 0.3) is 0 Å². The van der Waals surface area contributed by atoms with Gasteiger partial charge in [0, 0.05) is 29.3 Å². The molecule has 1 fully saturated rings. The zero-order chi connectivity index (χ0) is 22.7. The molecule has 0 saturated carbocycles. The van der Waals surface area contributed by atoms with Gasteiger partial charge in [-0.3, -0.25) is 9.69 Å². The zero-order valence-electron chi connectivity index (χ0n) is 17.5.